The Balaban J connectivity index is 1.40. The molecule has 2 aromatic carbocycles. The lowest BCUT2D eigenvalue weighted by Crippen LogP contribution is -2.35. The molecule has 0 fully saturated rings. The highest BCUT2D eigenvalue weighted by Gasteiger charge is 2.27. The Morgan fingerprint density at radius 1 is 1.17 bits per heavy atom. The highest BCUT2D eigenvalue weighted by Crippen LogP contribution is 2.37. The first-order valence-electron chi connectivity index (χ1n) is 9.39. The largest absolute Gasteiger partial charge is 0.467 e. The molecule has 30 heavy (non-hydrogen) atoms. The van der Waals surface area contributed by atoms with E-state index in [1.165, 1.54) is 11.8 Å². The zero-order chi connectivity index (χ0) is 20.5. The summed E-state index contributed by atoms with van der Waals surface area (Å²) in [6, 6.07) is 17.0. The molecule has 1 N–H and O–H groups in total. The van der Waals surface area contributed by atoms with Gasteiger partial charge >= 0.3 is 0 Å². The molecule has 150 valence electrons. The minimum Gasteiger partial charge on any atom is -0.467 e. The number of nitrogens with one attached hydrogen (secondary N) is 1. The van der Waals surface area contributed by atoms with E-state index in [0.717, 1.165) is 25.8 Å². The summed E-state index contributed by atoms with van der Waals surface area (Å²) in [5.41, 5.74) is 2.19. The van der Waals surface area contributed by atoms with Gasteiger partial charge in [0.05, 0.1) is 41.0 Å². The predicted octanol–water partition coefficient (Wildman–Crippen LogP) is 4.46. The number of thioether (sulfide) groups is 1. The monoisotopic (exact) mass is 435 g/mol. The summed E-state index contributed by atoms with van der Waals surface area (Å²) in [5.74, 6) is 0.864. The summed E-state index contributed by atoms with van der Waals surface area (Å²) in [7, 11) is 0. The van der Waals surface area contributed by atoms with Crippen LogP contribution in [0.25, 0.3) is 10.2 Å². The number of fused-ring (bicyclic) bond motifs is 2. The number of nitrogens with zero attached hydrogens (tertiary/aromatic N) is 2. The van der Waals surface area contributed by atoms with Crippen molar-refractivity contribution in [2.45, 2.75) is 18.0 Å². The van der Waals surface area contributed by atoms with Gasteiger partial charge in [-0.2, -0.15) is 0 Å². The molecule has 6 nitrogen and oxygen atoms in total. The molecule has 3 heterocycles. The Labute approximate surface area is 180 Å². The van der Waals surface area contributed by atoms with Crippen LogP contribution in [0.2, 0.25) is 0 Å². The summed E-state index contributed by atoms with van der Waals surface area (Å²) in [6.07, 6.45) is 1.57. The number of furan rings is 1. The number of thiazole rings is 1. The third kappa shape index (κ3) is 3.71. The molecule has 2 aromatic heterocycles. The van der Waals surface area contributed by atoms with Gasteiger partial charge in [0.1, 0.15) is 10.8 Å². The van der Waals surface area contributed by atoms with E-state index < -0.39 is 0 Å². The number of anilines is 1. The molecule has 0 aliphatic carbocycles. The molecular weight excluding hydrogens is 418 g/mol. The van der Waals surface area contributed by atoms with Crippen molar-refractivity contribution in [2.24, 2.45) is 0 Å². The van der Waals surface area contributed by atoms with Crippen LogP contribution in [-0.2, 0) is 17.9 Å². The highest BCUT2D eigenvalue weighted by atomic mass is 32.2. The van der Waals surface area contributed by atoms with Gasteiger partial charge in [0.15, 0.2) is 0 Å². The van der Waals surface area contributed by atoms with Crippen molar-refractivity contribution in [3.63, 3.8) is 0 Å². The van der Waals surface area contributed by atoms with Gasteiger partial charge in [-0.3, -0.25) is 9.59 Å². The Morgan fingerprint density at radius 3 is 2.90 bits per heavy atom. The van der Waals surface area contributed by atoms with Crippen molar-refractivity contribution in [3.8, 4) is 0 Å². The lowest BCUT2D eigenvalue weighted by atomic mass is 10.1. The Bertz CT molecular complexity index is 1200. The van der Waals surface area contributed by atoms with Gasteiger partial charge in [-0.1, -0.05) is 12.1 Å². The van der Waals surface area contributed by atoms with Gasteiger partial charge in [-0.15, -0.1) is 23.1 Å². The lowest BCUT2D eigenvalue weighted by molar-refractivity contribution is -0.116. The van der Waals surface area contributed by atoms with E-state index in [2.05, 4.69) is 10.3 Å². The number of benzene rings is 2. The fourth-order valence-electron chi connectivity index (χ4n) is 3.32. The van der Waals surface area contributed by atoms with Crippen molar-refractivity contribution in [2.75, 3.05) is 10.7 Å². The first-order chi connectivity index (χ1) is 14.7. The summed E-state index contributed by atoms with van der Waals surface area (Å²) in [6.45, 7) is 0.704. The van der Waals surface area contributed by atoms with E-state index in [1.807, 2.05) is 36.4 Å². The molecule has 0 radical (unpaired) electrons. The fraction of sp³-hybridized carbons (Fsp3) is 0.136. The number of para-hydroxylation sites is 1. The number of aromatic nitrogens is 1. The first kappa shape index (κ1) is 18.9. The number of hydrogen-bond donors (Lipinski definition) is 1. The summed E-state index contributed by atoms with van der Waals surface area (Å²) < 4.78 is 6.35. The van der Waals surface area contributed by atoms with E-state index >= 15 is 0 Å². The Hall–Kier alpha value is -3.10. The number of hydrogen-bond acceptors (Lipinski definition) is 6. The molecule has 0 bridgehead atoms. The Kier molecular flexibility index (Phi) is 5.02. The second-order valence-corrected chi connectivity index (χ2v) is 8.92. The molecule has 1 aliphatic heterocycles. The van der Waals surface area contributed by atoms with Crippen LogP contribution >= 0.6 is 23.1 Å². The summed E-state index contributed by atoms with van der Waals surface area (Å²) >= 11 is 3.08. The van der Waals surface area contributed by atoms with Crippen molar-refractivity contribution in [1.29, 1.82) is 0 Å². The number of carbonyl (C=O) groups is 2. The zero-order valence-corrected chi connectivity index (χ0v) is 17.5. The van der Waals surface area contributed by atoms with Gasteiger partial charge < -0.3 is 14.6 Å². The molecule has 0 unspecified atom stereocenters. The van der Waals surface area contributed by atoms with E-state index in [-0.39, 0.29) is 11.8 Å². The quantitative estimate of drug-likeness (QED) is 0.501. The van der Waals surface area contributed by atoms with Gasteiger partial charge in [-0.25, -0.2) is 4.98 Å². The van der Waals surface area contributed by atoms with E-state index in [4.69, 9.17) is 4.42 Å². The standard InChI is InChI=1S/C22H17N3O3S2/c26-21-13-29-19-8-7-14(22(27)23-11-15-4-3-9-28-15)10-17(19)25(21)12-20-24-16-5-1-2-6-18(16)30-20/h1-10H,11-13H2,(H,23,27). The van der Waals surface area contributed by atoms with Crippen LogP contribution in [-0.4, -0.2) is 22.6 Å². The van der Waals surface area contributed by atoms with Crippen molar-refractivity contribution in [3.05, 3.63) is 77.2 Å². The first-order valence-corrected chi connectivity index (χ1v) is 11.2. The molecule has 0 saturated carbocycles. The maximum Gasteiger partial charge on any atom is 0.251 e. The lowest BCUT2D eigenvalue weighted by Gasteiger charge is -2.28. The molecule has 4 aromatic rings. The highest BCUT2D eigenvalue weighted by molar-refractivity contribution is 8.00. The molecular formula is C22H17N3O3S2. The third-order valence-electron chi connectivity index (χ3n) is 4.80. The second-order valence-electron chi connectivity index (χ2n) is 6.79. The predicted molar refractivity (Wildman–Crippen MR) is 118 cm³/mol. The maximum atomic E-state index is 12.7. The van der Waals surface area contributed by atoms with E-state index in [0.29, 0.717) is 30.2 Å². The van der Waals surface area contributed by atoms with Gasteiger partial charge in [0, 0.05) is 10.5 Å². The molecule has 0 atom stereocenters. The van der Waals surface area contributed by atoms with Crippen LogP contribution in [0.1, 0.15) is 21.1 Å². The maximum absolute atomic E-state index is 12.7. The zero-order valence-electron chi connectivity index (χ0n) is 15.8. The molecule has 8 heteroatoms. The van der Waals surface area contributed by atoms with E-state index in [1.54, 1.807) is 40.7 Å². The van der Waals surface area contributed by atoms with Gasteiger partial charge in [0.25, 0.3) is 5.91 Å². The molecule has 0 saturated heterocycles. The average Bonchev–Trinajstić information content (AvgIpc) is 3.43. The fourth-order valence-corrected chi connectivity index (χ4v) is 5.19. The number of amides is 2. The van der Waals surface area contributed by atoms with Gasteiger partial charge in [-0.05, 0) is 42.5 Å². The second kappa shape index (κ2) is 7.97. The van der Waals surface area contributed by atoms with Crippen molar-refractivity contribution < 1.29 is 14.0 Å². The molecule has 2 amide bonds. The van der Waals surface area contributed by atoms with Crippen LogP contribution in [0.5, 0.6) is 0 Å². The minimum atomic E-state index is -0.211. The van der Waals surface area contributed by atoms with Crippen molar-refractivity contribution in [1.82, 2.24) is 10.3 Å². The van der Waals surface area contributed by atoms with E-state index in [9.17, 15) is 9.59 Å². The minimum absolute atomic E-state index is 0.0138. The van der Waals surface area contributed by atoms with Crippen LogP contribution in [0.3, 0.4) is 0 Å². The molecule has 0 spiro atoms. The SMILES string of the molecule is O=C(NCc1ccco1)c1ccc2c(c1)N(Cc1nc3ccccc3s1)C(=O)CS2. The van der Waals surface area contributed by atoms with Crippen LogP contribution in [0, 0.1) is 0 Å². The van der Waals surface area contributed by atoms with Gasteiger partial charge in [0.2, 0.25) is 5.91 Å². The summed E-state index contributed by atoms with van der Waals surface area (Å²) in [4.78, 5) is 32.7. The topological polar surface area (TPSA) is 75.4 Å². The normalized spacial score (nSPS) is 13.5. The number of carbonyl (C=O) groups excluding carboxylic acids is 2. The third-order valence-corrected chi connectivity index (χ3v) is 6.87. The number of rotatable bonds is 5. The molecule has 5 rings (SSSR count). The smallest absolute Gasteiger partial charge is 0.251 e. The van der Waals surface area contributed by atoms with Crippen LogP contribution in [0.15, 0.2) is 70.2 Å². The van der Waals surface area contributed by atoms with Crippen LogP contribution < -0.4 is 10.2 Å². The Morgan fingerprint density at radius 2 is 2.07 bits per heavy atom. The average molecular weight is 436 g/mol. The van der Waals surface area contributed by atoms with Crippen LogP contribution in [0.4, 0.5) is 5.69 Å². The summed E-state index contributed by atoms with van der Waals surface area (Å²) in [5, 5.41) is 3.72. The van der Waals surface area contributed by atoms with Crippen molar-refractivity contribution >= 4 is 50.8 Å². The molecule has 1 aliphatic rings.